The lowest BCUT2D eigenvalue weighted by Gasteiger charge is -2.35. The van der Waals surface area contributed by atoms with Crippen molar-refractivity contribution in [2.75, 3.05) is 6.26 Å². The Morgan fingerprint density at radius 1 is 1.03 bits per heavy atom. The molecule has 5 rings (SSSR count). The average Bonchev–Trinajstić information content (AvgIpc) is 3.37. The van der Waals surface area contributed by atoms with Crippen molar-refractivity contribution in [3.63, 3.8) is 0 Å². The van der Waals surface area contributed by atoms with Gasteiger partial charge in [0.25, 0.3) is 5.89 Å². The normalized spacial score (nSPS) is 15.9. The Bertz CT molecular complexity index is 1370. The van der Waals surface area contributed by atoms with E-state index >= 15 is 0 Å². The van der Waals surface area contributed by atoms with Gasteiger partial charge in [0.1, 0.15) is 5.82 Å². The molecule has 0 saturated heterocycles. The molecule has 0 saturated carbocycles. The van der Waals surface area contributed by atoms with Gasteiger partial charge in [0.05, 0.1) is 18.2 Å². The van der Waals surface area contributed by atoms with Crippen LogP contribution in [0.5, 0.6) is 0 Å². The summed E-state index contributed by atoms with van der Waals surface area (Å²) in [6, 6.07) is 23.0. The molecule has 35 heavy (non-hydrogen) atoms. The molecule has 1 unspecified atom stereocenters. The van der Waals surface area contributed by atoms with Crippen molar-refractivity contribution in [3.05, 3.63) is 107 Å². The number of rotatable bonds is 6. The summed E-state index contributed by atoms with van der Waals surface area (Å²) in [6.07, 6.45) is 2.02. The van der Waals surface area contributed by atoms with E-state index in [9.17, 15) is 9.18 Å². The highest BCUT2D eigenvalue weighted by molar-refractivity contribution is 7.98. The van der Waals surface area contributed by atoms with Crippen molar-refractivity contribution in [2.45, 2.75) is 24.4 Å². The van der Waals surface area contributed by atoms with E-state index in [1.165, 1.54) is 12.1 Å². The number of benzene rings is 3. The highest BCUT2D eigenvalue weighted by Gasteiger charge is 2.35. The van der Waals surface area contributed by atoms with E-state index in [0.29, 0.717) is 17.4 Å². The second-order valence-electron chi connectivity index (χ2n) is 8.16. The van der Waals surface area contributed by atoms with Crippen LogP contribution in [-0.4, -0.2) is 27.3 Å². The van der Waals surface area contributed by atoms with Gasteiger partial charge < -0.3 is 9.84 Å². The van der Waals surface area contributed by atoms with Gasteiger partial charge in [-0.15, -0.1) is 11.8 Å². The smallest absolute Gasteiger partial charge is 0.322 e. The first-order valence-corrected chi connectivity index (χ1v) is 12.3. The molecule has 0 bridgehead atoms. The van der Waals surface area contributed by atoms with Crippen LogP contribution in [0, 0.1) is 5.82 Å². The average molecular weight is 487 g/mol. The molecule has 2 heterocycles. The van der Waals surface area contributed by atoms with Gasteiger partial charge >= 0.3 is 6.03 Å². The van der Waals surface area contributed by atoms with E-state index in [0.717, 1.165) is 27.2 Å². The molecule has 2 amide bonds. The van der Waals surface area contributed by atoms with Crippen LogP contribution in [0.15, 0.2) is 94.0 Å². The maximum absolute atomic E-state index is 13.4. The maximum atomic E-state index is 13.4. The summed E-state index contributed by atoms with van der Waals surface area (Å²) in [5.74, 6) is 0.490. The van der Waals surface area contributed by atoms with Crippen molar-refractivity contribution in [3.8, 4) is 11.4 Å². The van der Waals surface area contributed by atoms with Crippen LogP contribution in [0.25, 0.3) is 17.0 Å². The fourth-order valence-corrected chi connectivity index (χ4v) is 4.52. The molecule has 0 spiro atoms. The summed E-state index contributed by atoms with van der Waals surface area (Å²) in [5, 5.41) is 7.30. The number of thioether (sulfide) groups is 1. The van der Waals surface area contributed by atoms with Gasteiger partial charge in [0.15, 0.2) is 0 Å². The SMILES string of the molecule is CSc1ccc(-c2noc(C3=C(C)N(Cc4ccc(F)cc4)C(=O)NC3c3ccccc3)n2)cc1. The number of halogens is 1. The van der Waals surface area contributed by atoms with Crippen molar-refractivity contribution in [1.82, 2.24) is 20.4 Å². The van der Waals surface area contributed by atoms with Crippen molar-refractivity contribution in [1.29, 1.82) is 0 Å². The molecule has 176 valence electrons. The lowest BCUT2D eigenvalue weighted by atomic mass is 9.94. The number of amides is 2. The summed E-state index contributed by atoms with van der Waals surface area (Å²) >= 11 is 1.66. The number of nitrogens with one attached hydrogen (secondary N) is 1. The number of hydrogen-bond donors (Lipinski definition) is 1. The Morgan fingerprint density at radius 2 is 1.74 bits per heavy atom. The van der Waals surface area contributed by atoms with E-state index in [1.807, 2.05) is 67.8 Å². The van der Waals surface area contributed by atoms with E-state index in [2.05, 4.69) is 10.5 Å². The number of urea groups is 1. The van der Waals surface area contributed by atoms with Crippen LogP contribution in [0.3, 0.4) is 0 Å². The molecule has 0 radical (unpaired) electrons. The molecule has 6 nitrogen and oxygen atoms in total. The third-order valence-electron chi connectivity index (χ3n) is 5.99. The highest BCUT2D eigenvalue weighted by atomic mass is 32.2. The number of aromatic nitrogens is 2. The van der Waals surface area contributed by atoms with Crippen LogP contribution in [0.2, 0.25) is 0 Å². The van der Waals surface area contributed by atoms with E-state index in [1.54, 1.807) is 28.8 Å². The summed E-state index contributed by atoms with van der Waals surface area (Å²) in [6.45, 7) is 2.14. The first kappa shape index (κ1) is 22.9. The third kappa shape index (κ3) is 4.70. The molecular formula is C27H23FN4O2S. The van der Waals surface area contributed by atoms with Gasteiger partial charge in [-0.1, -0.05) is 47.6 Å². The molecule has 1 atom stereocenters. The Morgan fingerprint density at radius 3 is 2.43 bits per heavy atom. The first-order chi connectivity index (χ1) is 17.0. The van der Waals surface area contributed by atoms with Crippen molar-refractivity contribution >= 4 is 23.4 Å². The zero-order valence-corrected chi connectivity index (χ0v) is 20.1. The lowest BCUT2D eigenvalue weighted by molar-refractivity contribution is 0.203. The van der Waals surface area contributed by atoms with Crippen LogP contribution in [-0.2, 0) is 6.54 Å². The Hall–Kier alpha value is -3.91. The number of carbonyl (C=O) groups is 1. The van der Waals surface area contributed by atoms with Gasteiger partial charge in [0, 0.05) is 16.2 Å². The van der Waals surface area contributed by atoms with Crippen molar-refractivity contribution < 1.29 is 13.7 Å². The molecule has 1 aliphatic rings. The van der Waals surface area contributed by atoms with Gasteiger partial charge in [-0.05, 0) is 60.7 Å². The summed E-state index contributed by atoms with van der Waals surface area (Å²) in [5.41, 5.74) is 3.96. The maximum Gasteiger partial charge on any atom is 0.322 e. The van der Waals surface area contributed by atoms with Crippen LogP contribution >= 0.6 is 11.8 Å². The van der Waals surface area contributed by atoms with E-state index in [-0.39, 0.29) is 18.4 Å². The molecule has 1 N–H and O–H groups in total. The fourth-order valence-electron chi connectivity index (χ4n) is 4.11. The number of carbonyl (C=O) groups excluding carboxylic acids is 1. The van der Waals surface area contributed by atoms with Crippen molar-refractivity contribution in [2.24, 2.45) is 0 Å². The Kier molecular flexibility index (Phi) is 6.37. The monoisotopic (exact) mass is 486 g/mol. The second kappa shape index (κ2) is 9.76. The highest BCUT2D eigenvalue weighted by Crippen LogP contribution is 2.37. The Labute approximate surface area is 206 Å². The van der Waals surface area contributed by atoms with Crippen LogP contribution < -0.4 is 5.32 Å². The molecule has 1 aromatic heterocycles. The molecule has 8 heteroatoms. The van der Waals surface area contributed by atoms with Gasteiger partial charge in [-0.3, -0.25) is 4.90 Å². The predicted molar refractivity (Wildman–Crippen MR) is 134 cm³/mol. The Balaban J connectivity index is 1.56. The zero-order valence-electron chi connectivity index (χ0n) is 19.2. The first-order valence-electron chi connectivity index (χ1n) is 11.1. The van der Waals surface area contributed by atoms with Gasteiger partial charge in [0.2, 0.25) is 5.82 Å². The summed E-state index contributed by atoms with van der Waals surface area (Å²) in [7, 11) is 0. The number of nitrogens with zero attached hydrogens (tertiary/aromatic N) is 3. The number of allylic oxidation sites excluding steroid dienone is 1. The quantitative estimate of drug-likeness (QED) is 0.324. The van der Waals surface area contributed by atoms with Crippen LogP contribution in [0.4, 0.5) is 9.18 Å². The standard InChI is InChI=1S/C27H23FN4O2S/c1-17-23(26-30-25(31-34-26)20-10-14-22(35-2)15-11-20)24(19-6-4-3-5-7-19)29-27(33)32(17)16-18-8-12-21(28)13-9-18/h3-15,24H,16H2,1-2H3,(H,29,33). The minimum absolute atomic E-state index is 0.253. The number of hydrogen-bond acceptors (Lipinski definition) is 5. The second-order valence-corrected chi connectivity index (χ2v) is 9.04. The molecular weight excluding hydrogens is 463 g/mol. The molecule has 1 aliphatic heterocycles. The van der Waals surface area contributed by atoms with Gasteiger partial charge in [-0.2, -0.15) is 4.98 Å². The summed E-state index contributed by atoms with van der Waals surface area (Å²) < 4.78 is 19.1. The van der Waals surface area contributed by atoms with Gasteiger partial charge in [-0.25, -0.2) is 9.18 Å². The van der Waals surface area contributed by atoms with Crippen LogP contribution in [0.1, 0.15) is 30.0 Å². The topological polar surface area (TPSA) is 71.3 Å². The molecule has 4 aromatic rings. The predicted octanol–water partition coefficient (Wildman–Crippen LogP) is 6.30. The molecule has 0 aliphatic carbocycles. The van der Waals surface area contributed by atoms with E-state index < -0.39 is 6.04 Å². The largest absolute Gasteiger partial charge is 0.334 e. The molecule has 0 fully saturated rings. The lowest BCUT2D eigenvalue weighted by Crippen LogP contribution is -2.45. The third-order valence-corrected chi connectivity index (χ3v) is 6.73. The zero-order chi connectivity index (χ0) is 24.4. The molecule has 3 aromatic carbocycles. The summed E-state index contributed by atoms with van der Waals surface area (Å²) in [4.78, 5) is 20.6. The minimum Gasteiger partial charge on any atom is -0.334 e. The minimum atomic E-state index is -0.458. The fraction of sp³-hybridized carbons (Fsp3) is 0.148. The van der Waals surface area contributed by atoms with E-state index in [4.69, 9.17) is 9.51 Å².